The number of rotatable bonds is 4. The lowest BCUT2D eigenvalue weighted by Gasteiger charge is -2.07. The van der Waals surface area contributed by atoms with Crippen LogP contribution < -0.4 is 5.32 Å². The fourth-order valence-electron chi connectivity index (χ4n) is 1.09. The van der Waals surface area contributed by atoms with Gasteiger partial charge >= 0.3 is 12.1 Å². The van der Waals surface area contributed by atoms with Gasteiger partial charge in [0.25, 0.3) is 0 Å². The number of hydrogen-bond acceptors (Lipinski definition) is 3. The standard InChI is InChI=1S/C11H9F2NO4/c1-2-3-18-11(17)14-9-4-6(10(15)16)7(12)5-8(9)13/h2,4-5H,1,3H2,(H,14,17)(H,15,16). The summed E-state index contributed by atoms with van der Waals surface area (Å²) >= 11 is 0. The largest absolute Gasteiger partial charge is 0.478 e. The second-order valence-corrected chi connectivity index (χ2v) is 3.13. The van der Waals surface area contributed by atoms with Crippen molar-refractivity contribution in [1.29, 1.82) is 0 Å². The third-order valence-corrected chi connectivity index (χ3v) is 1.86. The number of carbonyl (C=O) groups excluding carboxylic acids is 1. The number of hydrogen-bond donors (Lipinski definition) is 2. The molecule has 0 heterocycles. The van der Waals surface area contributed by atoms with Gasteiger partial charge in [0.2, 0.25) is 0 Å². The van der Waals surface area contributed by atoms with Gasteiger partial charge in [0.05, 0.1) is 11.3 Å². The molecule has 0 spiro atoms. The molecule has 5 nitrogen and oxygen atoms in total. The smallest absolute Gasteiger partial charge is 0.412 e. The van der Waals surface area contributed by atoms with Crippen molar-refractivity contribution in [2.75, 3.05) is 11.9 Å². The molecule has 0 bridgehead atoms. The highest BCUT2D eigenvalue weighted by atomic mass is 19.1. The van der Waals surface area contributed by atoms with Crippen LogP contribution in [-0.2, 0) is 4.74 Å². The van der Waals surface area contributed by atoms with Crippen molar-refractivity contribution in [2.45, 2.75) is 0 Å². The molecule has 1 aromatic rings. The lowest BCUT2D eigenvalue weighted by atomic mass is 10.2. The molecule has 0 aromatic heterocycles. The molecule has 0 unspecified atom stereocenters. The van der Waals surface area contributed by atoms with E-state index in [4.69, 9.17) is 5.11 Å². The van der Waals surface area contributed by atoms with E-state index in [1.54, 1.807) is 0 Å². The lowest BCUT2D eigenvalue weighted by molar-refractivity contribution is 0.0691. The van der Waals surface area contributed by atoms with Crippen molar-refractivity contribution >= 4 is 17.7 Å². The van der Waals surface area contributed by atoms with Crippen LogP contribution in [0.2, 0.25) is 0 Å². The number of anilines is 1. The molecule has 0 fully saturated rings. The molecule has 1 amide bonds. The van der Waals surface area contributed by atoms with Crippen LogP contribution >= 0.6 is 0 Å². The maximum Gasteiger partial charge on any atom is 0.412 e. The van der Waals surface area contributed by atoms with Gasteiger partial charge in [0.15, 0.2) is 0 Å². The Morgan fingerprint density at radius 1 is 1.39 bits per heavy atom. The Kier molecular flexibility index (Phi) is 4.36. The van der Waals surface area contributed by atoms with E-state index in [-0.39, 0.29) is 6.61 Å². The molecule has 0 radical (unpaired) electrons. The molecule has 0 aliphatic carbocycles. The summed E-state index contributed by atoms with van der Waals surface area (Å²) in [4.78, 5) is 21.7. The summed E-state index contributed by atoms with van der Waals surface area (Å²) in [6.45, 7) is 3.20. The fourth-order valence-corrected chi connectivity index (χ4v) is 1.09. The van der Waals surface area contributed by atoms with Crippen molar-refractivity contribution in [2.24, 2.45) is 0 Å². The Balaban J connectivity index is 2.95. The molecular formula is C11H9F2NO4. The highest BCUT2D eigenvalue weighted by molar-refractivity contribution is 5.91. The minimum Gasteiger partial charge on any atom is -0.478 e. The zero-order valence-corrected chi connectivity index (χ0v) is 9.07. The molecule has 0 atom stereocenters. The zero-order valence-electron chi connectivity index (χ0n) is 9.07. The maximum absolute atomic E-state index is 13.3. The average molecular weight is 257 g/mol. The second-order valence-electron chi connectivity index (χ2n) is 3.13. The van der Waals surface area contributed by atoms with Crippen LogP contribution in [0.5, 0.6) is 0 Å². The van der Waals surface area contributed by atoms with Crippen molar-refractivity contribution in [3.63, 3.8) is 0 Å². The van der Waals surface area contributed by atoms with E-state index in [0.29, 0.717) is 12.1 Å². The molecule has 1 aromatic carbocycles. The van der Waals surface area contributed by atoms with Crippen LogP contribution in [0.4, 0.5) is 19.3 Å². The van der Waals surface area contributed by atoms with Crippen LogP contribution in [0.25, 0.3) is 0 Å². The normalized spacial score (nSPS) is 9.67. The molecule has 2 N–H and O–H groups in total. The molecule has 0 saturated carbocycles. The van der Waals surface area contributed by atoms with Crippen molar-refractivity contribution in [3.8, 4) is 0 Å². The van der Waals surface area contributed by atoms with Gasteiger partial charge in [-0.15, -0.1) is 0 Å². The van der Waals surface area contributed by atoms with Crippen molar-refractivity contribution < 1.29 is 28.2 Å². The number of amides is 1. The number of nitrogens with one attached hydrogen (secondary N) is 1. The number of ether oxygens (including phenoxy) is 1. The minimum absolute atomic E-state index is 0.0968. The Labute approximate surface area is 101 Å². The van der Waals surface area contributed by atoms with Crippen LogP contribution in [0.1, 0.15) is 10.4 Å². The molecule has 96 valence electrons. The van der Waals surface area contributed by atoms with Gasteiger partial charge in [-0.1, -0.05) is 12.7 Å². The van der Waals surface area contributed by atoms with E-state index in [9.17, 15) is 18.4 Å². The summed E-state index contributed by atoms with van der Waals surface area (Å²) in [5.74, 6) is -3.91. The Morgan fingerprint density at radius 2 is 2.06 bits per heavy atom. The van der Waals surface area contributed by atoms with Gasteiger partial charge in [-0.25, -0.2) is 18.4 Å². The predicted molar refractivity (Wildman–Crippen MR) is 58.5 cm³/mol. The van der Waals surface area contributed by atoms with Crippen molar-refractivity contribution in [3.05, 3.63) is 42.0 Å². The minimum atomic E-state index is -1.57. The summed E-state index contributed by atoms with van der Waals surface area (Å²) in [5.41, 5.74) is -1.24. The van der Waals surface area contributed by atoms with Crippen LogP contribution in [0.15, 0.2) is 24.8 Å². The molecular weight excluding hydrogens is 248 g/mol. The predicted octanol–water partition coefficient (Wildman–Crippen LogP) is 2.40. The van der Waals surface area contributed by atoms with Gasteiger partial charge in [-0.2, -0.15) is 0 Å². The fraction of sp³-hybridized carbons (Fsp3) is 0.0909. The number of carboxylic acids is 1. The lowest BCUT2D eigenvalue weighted by Crippen LogP contribution is -2.15. The third kappa shape index (κ3) is 3.27. The molecule has 0 aliphatic rings. The summed E-state index contributed by atoms with van der Waals surface area (Å²) < 4.78 is 30.8. The van der Waals surface area contributed by atoms with Crippen LogP contribution in [0.3, 0.4) is 0 Å². The Bertz CT molecular complexity index is 502. The van der Waals surface area contributed by atoms with E-state index in [2.05, 4.69) is 11.3 Å². The highest BCUT2D eigenvalue weighted by Gasteiger charge is 2.16. The summed E-state index contributed by atoms with van der Waals surface area (Å²) in [6, 6.07) is 1.04. The van der Waals surface area contributed by atoms with E-state index in [0.717, 1.165) is 0 Å². The zero-order chi connectivity index (χ0) is 13.7. The van der Waals surface area contributed by atoms with Gasteiger partial charge in [-0.05, 0) is 6.07 Å². The molecule has 0 saturated heterocycles. The first-order valence-corrected chi connectivity index (χ1v) is 4.72. The summed E-state index contributed by atoms with van der Waals surface area (Å²) in [5, 5.41) is 10.6. The van der Waals surface area contributed by atoms with E-state index in [1.807, 2.05) is 5.32 Å². The molecule has 18 heavy (non-hydrogen) atoms. The SMILES string of the molecule is C=CCOC(=O)Nc1cc(C(=O)O)c(F)cc1F. The van der Waals surface area contributed by atoms with E-state index >= 15 is 0 Å². The summed E-state index contributed by atoms with van der Waals surface area (Å²) in [6.07, 6.45) is 0.292. The first-order chi connectivity index (χ1) is 8.45. The van der Waals surface area contributed by atoms with Gasteiger partial charge in [0, 0.05) is 6.07 Å². The Hall–Kier alpha value is -2.44. The maximum atomic E-state index is 13.3. The monoisotopic (exact) mass is 257 g/mol. The van der Waals surface area contributed by atoms with E-state index < -0.39 is 34.9 Å². The number of halogens is 2. The molecule has 7 heteroatoms. The van der Waals surface area contributed by atoms with Crippen molar-refractivity contribution in [1.82, 2.24) is 0 Å². The van der Waals surface area contributed by atoms with Gasteiger partial charge in [-0.3, -0.25) is 5.32 Å². The quantitative estimate of drug-likeness (QED) is 0.812. The van der Waals surface area contributed by atoms with E-state index in [1.165, 1.54) is 6.08 Å². The highest BCUT2D eigenvalue weighted by Crippen LogP contribution is 2.19. The first kappa shape index (κ1) is 13.6. The van der Waals surface area contributed by atoms with Gasteiger partial charge < -0.3 is 9.84 Å². The Morgan fingerprint density at radius 3 is 2.61 bits per heavy atom. The van der Waals surface area contributed by atoms with Gasteiger partial charge in [0.1, 0.15) is 18.2 Å². The third-order valence-electron chi connectivity index (χ3n) is 1.86. The van der Waals surface area contributed by atoms with Crippen LogP contribution in [0, 0.1) is 11.6 Å². The number of benzene rings is 1. The average Bonchev–Trinajstić information content (AvgIpc) is 2.29. The molecule has 0 aliphatic heterocycles. The topological polar surface area (TPSA) is 75.6 Å². The number of carboxylic acid groups (broad SMARTS) is 1. The number of carbonyl (C=O) groups is 2. The summed E-state index contributed by atoms with van der Waals surface area (Å²) in [7, 11) is 0. The number of aromatic carboxylic acids is 1. The first-order valence-electron chi connectivity index (χ1n) is 4.72. The molecule has 1 rings (SSSR count). The second kappa shape index (κ2) is 5.76. The van der Waals surface area contributed by atoms with Crippen LogP contribution in [-0.4, -0.2) is 23.8 Å².